The van der Waals surface area contributed by atoms with Crippen molar-refractivity contribution in [1.82, 2.24) is 24.8 Å². The molecule has 6 N–H and O–H groups in total. The molecule has 57 heavy (non-hydrogen) atoms. The predicted octanol–water partition coefficient (Wildman–Crippen LogP) is 5.09. The molecule has 1 fully saturated rings. The molecule has 1 saturated heterocycles. The maximum Gasteiger partial charge on any atom is 0.341 e. The van der Waals surface area contributed by atoms with Crippen molar-refractivity contribution in [3.63, 3.8) is 0 Å². The van der Waals surface area contributed by atoms with Crippen LogP contribution in [0.1, 0.15) is 109 Å². The number of rotatable bonds is 11. The van der Waals surface area contributed by atoms with Gasteiger partial charge in [0, 0.05) is 65.2 Å². The molecule has 7 atom stereocenters. The molecule has 0 aliphatic carbocycles. The smallest absolute Gasteiger partial charge is 0.341 e. The molecule has 8 bridgehead atoms. The average molecular weight is 802 g/mol. The van der Waals surface area contributed by atoms with Crippen LogP contribution in [-0.4, -0.2) is 113 Å². The van der Waals surface area contributed by atoms with Crippen molar-refractivity contribution >= 4 is 56.9 Å². The number of nitrogens with one attached hydrogen (secondary N) is 2. The first-order valence-electron chi connectivity index (χ1n) is 20.1. The molecular formula is C43H55N5O8S. The van der Waals surface area contributed by atoms with Crippen LogP contribution in [0.25, 0.3) is 33.2 Å². The van der Waals surface area contributed by atoms with E-state index in [0.29, 0.717) is 42.1 Å². The minimum absolute atomic E-state index is 0.0183. The van der Waals surface area contributed by atoms with E-state index in [4.69, 9.17) is 19.4 Å². The zero-order chi connectivity index (χ0) is 40.9. The maximum atomic E-state index is 13.6. The Morgan fingerprint density at radius 1 is 0.947 bits per heavy atom. The highest BCUT2D eigenvalue weighted by Crippen LogP contribution is 2.45. The van der Waals surface area contributed by atoms with Crippen LogP contribution in [0.4, 0.5) is 0 Å². The first-order chi connectivity index (χ1) is 27.3. The average Bonchev–Trinajstić information content (AvgIpc) is 3.88. The van der Waals surface area contributed by atoms with E-state index in [9.17, 15) is 30.0 Å². The van der Waals surface area contributed by atoms with E-state index < -0.39 is 42.4 Å². The van der Waals surface area contributed by atoms with Gasteiger partial charge in [-0.15, -0.1) is 11.8 Å². The Hall–Kier alpha value is -4.05. The number of aromatic nitrogens is 4. The number of cyclic esters (lactones) is 1. The molecule has 0 saturated carbocycles. The third-order valence-electron chi connectivity index (χ3n) is 12.4. The molecule has 14 heteroatoms. The number of amides is 1. The largest absolute Gasteiger partial charge is 0.457 e. The van der Waals surface area contributed by atoms with Gasteiger partial charge in [0.15, 0.2) is 0 Å². The Balaban J connectivity index is 1.20. The first-order valence-corrected chi connectivity index (χ1v) is 21.1. The number of ether oxygens (including phenoxy) is 2. The maximum absolute atomic E-state index is 13.6. The summed E-state index contributed by atoms with van der Waals surface area (Å²) >= 11 is 1.28. The summed E-state index contributed by atoms with van der Waals surface area (Å²) in [5.74, 6) is -0.0699. The van der Waals surface area contributed by atoms with Crippen molar-refractivity contribution < 1.29 is 39.5 Å². The van der Waals surface area contributed by atoms with Crippen LogP contribution < -0.4 is 0 Å². The fourth-order valence-corrected chi connectivity index (χ4v) is 9.90. The van der Waals surface area contributed by atoms with Gasteiger partial charge < -0.3 is 44.8 Å². The van der Waals surface area contributed by atoms with Crippen LogP contribution in [0.2, 0.25) is 0 Å². The minimum atomic E-state index is -1.42. The van der Waals surface area contributed by atoms with Crippen LogP contribution in [0.3, 0.4) is 0 Å². The van der Waals surface area contributed by atoms with E-state index in [-0.39, 0.29) is 30.8 Å². The summed E-state index contributed by atoms with van der Waals surface area (Å²) in [6.45, 7) is 12.7. The van der Waals surface area contributed by atoms with Crippen molar-refractivity contribution in [1.29, 1.82) is 0 Å². The SMILES string of the molecule is CCc1c(C)c2cc3[nH]c(cc4nc(c5c6nc(cc1[nH]2)C(C)=C6C(=O)OC5)[C@@H](CCC(=O)N(C)CCCS[C@@H]1O[C@H](CO)[C@@H](O)[C@H](O)[C@H]1O)[C@@H]4C)c(C)c3CC. The highest BCUT2D eigenvalue weighted by Gasteiger charge is 2.43. The number of nitrogens with zero attached hydrogens (tertiary/aromatic N) is 3. The lowest BCUT2D eigenvalue weighted by Gasteiger charge is -2.39. The first kappa shape index (κ1) is 41.1. The molecule has 0 aromatic carbocycles. The van der Waals surface area contributed by atoms with Crippen molar-refractivity contribution in [2.75, 3.05) is 26.0 Å². The second kappa shape index (κ2) is 16.7. The highest BCUT2D eigenvalue weighted by atomic mass is 32.2. The summed E-state index contributed by atoms with van der Waals surface area (Å²) < 4.78 is 11.4. The topological polar surface area (TPSA) is 194 Å². The van der Waals surface area contributed by atoms with Crippen LogP contribution in [-0.2, 0) is 38.5 Å². The Morgan fingerprint density at radius 2 is 1.61 bits per heavy atom. The van der Waals surface area contributed by atoms with Gasteiger partial charge in [-0.1, -0.05) is 20.8 Å². The van der Waals surface area contributed by atoms with Crippen LogP contribution >= 0.6 is 11.8 Å². The van der Waals surface area contributed by atoms with Gasteiger partial charge in [-0.05, 0) is 98.2 Å². The van der Waals surface area contributed by atoms with Crippen LogP contribution in [0.5, 0.6) is 0 Å². The number of carbonyl (C=O) groups excluding carboxylic acids is 2. The van der Waals surface area contributed by atoms with Crippen molar-refractivity contribution in [3.8, 4) is 0 Å². The van der Waals surface area contributed by atoms with E-state index in [1.165, 1.54) is 34.0 Å². The summed E-state index contributed by atoms with van der Waals surface area (Å²) in [4.78, 5) is 46.4. The van der Waals surface area contributed by atoms with Gasteiger partial charge in [0.25, 0.3) is 0 Å². The van der Waals surface area contributed by atoms with Crippen molar-refractivity contribution in [3.05, 3.63) is 68.8 Å². The number of allylic oxidation sites excluding steroid dienone is 1. The van der Waals surface area contributed by atoms with Crippen molar-refractivity contribution in [2.24, 2.45) is 0 Å². The molecule has 4 aliphatic heterocycles. The third kappa shape index (κ3) is 7.56. The monoisotopic (exact) mass is 801 g/mol. The van der Waals surface area contributed by atoms with E-state index in [1.807, 2.05) is 13.0 Å². The number of carbonyl (C=O) groups is 2. The quantitative estimate of drug-likeness (QED) is 0.112. The molecular weight excluding hydrogens is 747 g/mol. The van der Waals surface area contributed by atoms with Gasteiger partial charge in [-0.2, -0.15) is 0 Å². The summed E-state index contributed by atoms with van der Waals surface area (Å²) in [6, 6.07) is 6.36. The fraction of sp³-hybridized carbons (Fsp3) is 0.535. The second-order valence-corrected chi connectivity index (χ2v) is 17.0. The predicted molar refractivity (Wildman–Crippen MR) is 220 cm³/mol. The number of H-pyrrole nitrogens is 2. The zero-order valence-corrected chi connectivity index (χ0v) is 34.6. The molecule has 0 radical (unpaired) electrons. The molecule has 0 unspecified atom stereocenters. The summed E-state index contributed by atoms with van der Waals surface area (Å²) in [5.41, 5.74) is 13.0. The zero-order valence-electron chi connectivity index (χ0n) is 33.8. The lowest BCUT2D eigenvalue weighted by molar-refractivity contribution is -0.205. The van der Waals surface area contributed by atoms with Gasteiger partial charge in [0.2, 0.25) is 5.91 Å². The number of aromatic amines is 2. The summed E-state index contributed by atoms with van der Waals surface area (Å²) in [7, 11) is 1.77. The lowest BCUT2D eigenvalue weighted by atomic mass is 9.84. The van der Waals surface area contributed by atoms with Gasteiger partial charge in [-0.3, -0.25) is 9.78 Å². The Labute approximate surface area is 336 Å². The number of aliphatic hydroxyl groups is 4. The summed E-state index contributed by atoms with van der Waals surface area (Å²) in [5, 5.41) is 40.1. The van der Waals surface area contributed by atoms with Gasteiger partial charge >= 0.3 is 5.97 Å². The number of esters is 1. The second-order valence-electron chi connectivity index (χ2n) is 15.7. The number of hydrogen-bond donors (Lipinski definition) is 6. The summed E-state index contributed by atoms with van der Waals surface area (Å²) in [6.07, 6.45) is -1.98. The number of aryl methyl sites for hydroxylation is 4. The fourth-order valence-electron chi connectivity index (χ4n) is 8.79. The van der Waals surface area contributed by atoms with E-state index in [1.54, 1.807) is 11.9 Å². The van der Waals surface area contributed by atoms with E-state index in [2.05, 4.69) is 56.7 Å². The molecule has 7 rings (SSSR count). The molecule has 7 heterocycles. The standard InChI is InChI=1S/C43H55N5O8S/c1-8-24-20(3)28-15-30-22(5)26(11-12-35(50)48(7)13-10-14-57-43-41(53)40(52)39(51)34(18-49)56-43)37(46-30)27-19-55-42(54)36-23(6)31(47-38(27)36)17-33-25(9-2)21(4)29(45-33)16-32(24)44-28/h15-17,22,26,34,39-41,43-45,49,51-53H,8-14,18-19H2,1-7H3/t22-,26-,34+,39+,40-,41+,43-/m0/s1. The normalized spacial score (nSPS) is 24.5. The highest BCUT2D eigenvalue weighted by molar-refractivity contribution is 7.99. The number of fused-ring (bicyclic) bond motifs is 8. The third-order valence-corrected chi connectivity index (χ3v) is 13.6. The molecule has 0 spiro atoms. The minimum Gasteiger partial charge on any atom is -0.457 e. The Kier molecular flexibility index (Phi) is 12.0. The van der Waals surface area contributed by atoms with Gasteiger partial charge in [0.1, 0.15) is 36.5 Å². The molecule has 306 valence electrons. The van der Waals surface area contributed by atoms with Gasteiger partial charge in [0.05, 0.1) is 29.3 Å². The number of thioether (sulfide) groups is 1. The molecule has 3 aromatic heterocycles. The molecule has 1 amide bonds. The molecule has 4 aliphatic rings. The Bertz CT molecular complexity index is 2260. The van der Waals surface area contributed by atoms with E-state index >= 15 is 0 Å². The number of aliphatic hydroxyl groups excluding tert-OH is 4. The van der Waals surface area contributed by atoms with Gasteiger partial charge in [-0.25, -0.2) is 9.78 Å². The van der Waals surface area contributed by atoms with Crippen LogP contribution in [0.15, 0.2) is 18.2 Å². The van der Waals surface area contributed by atoms with Crippen LogP contribution in [0, 0.1) is 13.8 Å². The van der Waals surface area contributed by atoms with E-state index in [0.717, 1.165) is 57.4 Å². The lowest BCUT2D eigenvalue weighted by Crippen LogP contribution is -2.57. The molecule has 13 nitrogen and oxygen atoms in total. The Morgan fingerprint density at radius 3 is 2.28 bits per heavy atom. The number of hydrogen-bond acceptors (Lipinski definition) is 11. The molecule has 3 aromatic rings. The van der Waals surface area contributed by atoms with Crippen molar-refractivity contribution in [2.45, 2.75) is 122 Å².